The summed E-state index contributed by atoms with van der Waals surface area (Å²) in [5.74, 6) is 0.332. The van der Waals surface area contributed by atoms with E-state index in [1.807, 2.05) is 0 Å². The van der Waals surface area contributed by atoms with Gasteiger partial charge in [-0.1, -0.05) is 30.1 Å². The molecule has 6 heteroatoms. The van der Waals surface area contributed by atoms with E-state index < -0.39 is 0 Å². The molecule has 3 nitrogen and oxygen atoms in total. The molecule has 1 heterocycles. The van der Waals surface area contributed by atoms with Crippen LogP contribution in [0.25, 0.3) is 0 Å². The number of carbonyl (C=O) groups is 1. The SMILES string of the molecule is CC1CCc2c(sc(NC(=O)c3ccc(Cl)c(Cl)c3)c2C#N)C1. The second-order valence-corrected chi connectivity index (χ2v) is 7.67. The van der Waals surface area contributed by atoms with Crippen LogP contribution in [0.5, 0.6) is 0 Å². The van der Waals surface area contributed by atoms with Crippen molar-refractivity contribution in [2.24, 2.45) is 5.92 Å². The van der Waals surface area contributed by atoms with E-state index in [9.17, 15) is 10.1 Å². The van der Waals surface area contributed by atoms with Crippen molar-refractivity contribution in [3.05, 3.63) is 49.8 Å². The minimum atomic E-state index is -0.285. The molecule has 1 aliphatic rings. The minimum absolute atomic E-state index is 0.285. The van der Waals surface area contributed by atoms with E-state index in [2.05, 4.69) is 18.3 Å². The van der Waals surface area contributed by atoms with E-state index in [0.29, 0.717) is 32.1 Å². The van der Waals surface area contributed by atoms with Gasteiger partial charge < -0.3 is 5.32 Å². The molecule has 23 heavy (non-hydrogen) atoms. The standard InChI is InChI=1S/C17H14Cl2N2OS/c1-9-2-4-11-12(8-20)17(23-15(11)6-9)21-16(22)10-3-5-13(18)14(19)7-10/h3,5,7,9H,2,4,6H2,1H3,(H,21,22). The van der Waals surface area contributed by atoms with Gasteiger partial charge in [0.05, 0.1) is 15.6 Å². The molecule has 0 saturated heterocycles. The van der Waals surface area contributed by atoms with Crippen molar-refractivity contribution in [3.8, 4) is 6.07 Å². The summed E-state index contributed by atoms with van der Waals surface area (Å²) < 4.78 is 0. The van der Waals surface area contributed by atoms with E-state index in [1.54, 1.807) is 12.1 Å². The van der Waals surface area contributed by atoms with Crippen molar-refractivity contribution in [2.75, 3.05) is 5.32 Å². The summed E-state index contributed by atoms with van der Waals surface area (Å²) in [5.41, 5.74) is 2.12. The fraction of sp³-hybridized carbons (Fsp3) is 0.294. The first-order valence-electron chi connectivity index (χ1n) is 7.30. The third-order valence-corrected chi connectivity index (χ3v) is 5.94. The van der Waals surface area contributed by atoms with Gasteiger partial charge in [-0.2, -0.15) is 5.26 Å². The van der Waals surface area contributed by atoms with E-state index in [1.165, 1.54) is 22.3 Å². The molecule has 118 valence electrons. The third kappa shape index (κ3) is 3.23. The molecule has 1 aromatic heterocycles. The Morgan fingerprint density at radius 2 is 2.17 bits per heavy atom. The first-order valence-corrected chi connectivity index (χ1v) is 8.88. The number of nitrogens with zero attached hydrogens (tertiary/aromatic N) is 1. The summed E-state index contributed by atoms with van der Waals surface area (Å²) in [7, 11) is 0. The second-order valence-electron chi connectivity index (χ2n) is 5.75. The third-order valence-electron chi connectivity index (χ3n) is 4.03. The maximum Gasteiger partial charge on any atom is 0.256 e. The first-order chi connectivity index (χ1) is 11.0. The highest BCUT2D eigenvalue weighted by Crippen LogP contribution is 2.39. The van der Waals surface area contributed by atoms with Crippen molar-refractivity contribution < 1.29 is 4.79 Å². The van der Waals surface area contributed by atoms with E-state index in [-0.39, 0.29) is 5.91 Å². The number of thiophene rings is 1. The van der Waals surface area contributed by atoms with Crippen LogP contribution in [0.2, 0.25) is 10.0 Å². The number of amides is 1. The van der Waals surface area contributed by atoms with Gasteiger partial charge in [0.15, 0.2) is 0 Å². The molecule has 0 spiro atoms. The topological polar surface area (TPSA) is 52.9 Å². The number of nitriles is 1. The Labute approximate surface area is 148 Å². The molecule has 1 N–H and O–H groups in total. The number of hydrogen-bond donors (Lipinski definition) is 1. The quantitative estimate of drug-likeness (QED) is 0.785. The Balaban J connectivity index is 1.89. The lowest BCUT2D eigenvalue weighted by molar-refractivity contribution is 0.102. The van der Waals surface area contributed by atoms with Gasteiger partial charge >= 0.3 is 0 Å². The summed E-state index contributed by atoms with van der Waals surface area (Å²) >= 11 is 13.3. The number of nitrogens with one attached hydrogen (secondary N) is 1. The van der Waals surface area contributed by atoms with Crippen molar-refractivity contribution in [1.29, 1.82) is 5.26 Å². The van der Waals surface area contributed by atoms with Gasteiger partial charge in [-0.25, -0.2) is 0 Å². The largest absolute Gasteiger partial charge is 0.312 e. The fourth-order valence-electron chi connectivity index (χ4n) is 2.77. The average molecular weight is 365 g/mol. The Bertz CT molecular complexity index is 823. The normalized spacial score (nSPS) is 16.5. The molecule has 1 aromatic carbocycles. The van der Waals surface area contributed by atoms with E-state index in [4.69, 9.17) is 23.2 Å². The number of benzene rings is 1. The highest BCUT2D eigenvalue weighted by atomic mass is 35.5. The Morgan fingerprint density at radius 3 is 2.87 bits per heavy atom. The molecule has 0 saturated carbocycles. The minimum Gasteiger partial charge on any atom is -0.312 e. The molecule has 0 bridgehead atoms. The van der Waals surface area contributed by atoms with Crippen LogP contribution in [0, 0.1) is 17.2 Å². The van der Waals surface area contributed by atoms with Crippen LogP contribution in [-0.2, 0) is 12.8 Å². The molecule has 0 aliphatic heterocycles. The molecular weight excluding hydrogens is 351 g/mol. The number of anilines is 1. The second kappa shape index (κ2) is 6.52. The highest BCUT2D eigenvalue weighted by Gasteiger charge is 2.24. The molecule has 2 aromatic rings. The molecule has 1 atom stereocenters. The zero-order chi connectivity index (χ0) is 16.6. The molecule has 0 radical (unpaired) electrons. The van der Waals surface area contributed by atoms with Gasteiger partial charge in [0.1, 0.15) is 11.1 Å². The summed E-state index contributed by atoms with van der Waals surface area (Å²) in [4.78, 5) is 13.6. The Hall–Kier alpha value is -1.54. The monoisotopic (exact) mass is 364 g/mol. The van der Waals surface area contributed by atoms with Gasteiger partial charge in [-0.05, 0) is 48.9 Å². The lowest BCUT2D eigenvalue weighted by atomic mass is 9.88. The van der Waals surface area contributed by atoms with Crippen LogP contribution < -0.4 is 5.32 Å². The molecule has 1 unspecified atom stereocenters. The molecule has 1 aliphatic carbocycles. The van der Waals surface area contributed by atoms with Crippen molar-refractivity contribution in [3.63, 3.8) is 0 Å². The first kappa shape index (κ1) is 16.3. The number of halogens is 2. The molecule has 0 fully saturated rings. The van der Waals surface area contributed by atoms with Gasteiger partial charge in [0, 0.05) is 10.4 Å². The van der Waals surface area contributed by atoms with E-state index >= 15 is 0 Å². The molecule has 1 amide bonds. The smallest absolute Gasteiger partial charge is 0.256 e. The summed E-state index contributed by atoms with van der Waals surface area (Å²) in [6.45, 7) is 2.21. The number of rotatable bonds is 2. The van der Waals surface area contributed by atoms with Crippen molar-refractivity contribution in [2.45, 2.75) is 26.2 Å². The molecule has 3 rings (SSSR count). The maximum atomic E-state index is 12.4. The van der Waals surface area contributed by atoms with E-state index in [0.717, 1.165) is 24.8 Å². The van der Waals surface area contributed by atoms with Gasteiger partial charge in [-0.15, -0.1) is 11.3 Å². The predicted octanol–water partition coefficient (Wildman–Crippen LogP) is 5.30. The molecular formula is C17H14Cl2N2OS. The van der Waals surface area contributed by atoms with Crippen molar-refractivity contribution >= 4 is 45.4 Å². The number of fused-ring (bicyclic) bond motifs is 1. The fourth-order valence-corrected chi connectivity index (χ4v) is 4.42. The van der Waals surface area contributed by atoms with Gasteiger partial charge in [0.2, 0.25) is 0 Å². The maximum absolute atomic E-state index is 12.4. The van der Waals surface area contributed by atoms with Crippen LogP contribution in [-0.4, -0.2) is 5.91 Å². The zero-order valence-electron chi connectivity index (χ0n) is 12.5. The number of carbonyl (C=O) groups excluding carboxylic acids is 1. The van der Waals surface area contributed by atoms with Crippen LogP contribution in [0.3, 0.4) is 0 Å². The van der Waals surface area contributed by atoms with Gasteiger partial charge in [0.25, 0.3) is 5.91 Å². The lowest BCUT2D eigenvalue weighted by Crippen LogP contribution is -2.12. The zero-order valence-corrected chi connectivity index (χ0v) is 14.8. The summed E-state index contributed by atoms with van der Waals surface area (Å²) in [6, 6.07) is 6.98. The van der Waals surface area contributed by atoms with Gasteiger partial charge in [-0.3, -0.25) is 4.79 Å². The van der Waals surface area contributed by atoms with Crippen LogP contribution in [0.1, 0.15) is 39.7 Å². The Kier molecular flexibility index (Phi) is 4.63. The average Bonchev–Trinajstić information content (AvgIpc) is 2.85. The lowest BCUT2D eigenvalue weighted by Gasteiger charge is -2.17. The number of hydrogen-bond acceptors (Lipinski definition) is 3. The highest BCUT2D eigenvalue weighted by molar-refractivity contribution is 7.16. The predicted molar refractivity (Wildman–Crippen MR) is 94.6 cm³/mol. The van der Waals surface area contributed by atoms with Crippen LogP contribution >= 0.6 is 34.5 Å². The van der Waals surface area contributed by atoms with Crippen molar-refractivity contribution in [1.82, 2.24) is 0 Å². The Morgan fingerprint density at radius 1 is 1.39 bits per heavy atom. The summed E-state index contributed by atoms with van der Waals surface area (Å²) in [6.07, 6.45) is 2.95. The van der Waals surface area contributed by atoms with Crippen LogP contribution in [0.4, 0.5) is 5.00 Å². The summed E-state index contributed by atoms with van der Waals surface area (Å²) in [5, 5.41) is 13.7. The van der Waals surface area contributed by atoms with Crippen LogP contribution in [0.15, 0.2) is 18.2 Å².